The highest BCUT2D eigenvalue weighted by atomic mass is 16.5. The van der Waals surface area contributed by atoms with Crippen molar-refractivity contribution in [3.05, 3.63) is 12.2 Å². The number of piperidine rings is 1. The predicted molar refractivity (Wildman–Crippen MR) is 50.3 cm³/mol. The van der Waals surface area contributed by atoms with Crippen molar-refractivity contribution < 1.29 is 10.0 Å². The van der Waals surface area contributed by atoms with Crippen LogP contribution < -0.4 is 0 Å². The van der Waals surface area contributed by atoms with Crippen LogP contribution in [0.3, 0.4) is 0 Å². The fraction of sp³-hybridized carbons (Fsp3) is 0.700. The molecular formula is C10H17NO2. The third-order valence-corrected chi connectivity index (χ3v) is 2.54. The molecule has 0 aliphatic carbocycles. The second-order valence-electron chi connectivity index (χ2n) is 4.23. The second kappa shape index (κ2) is 3.50. The van der Waals surface area contributed by atoms with Crippen molar-refractivity contribution >= 4 is 5.91 Å². The van der Waals surface area contributed by atoms with Crippen LogP contribution in [0.5, 0.6) is 0 Å². The van der Waals surface area contributed by atoms with Crippen LogP contribution in [-0.2, 0) is 4.79 Å². The molecular weight excluding hydrogens is 166 g/mol. The molecule has 1 fully saturated rings. The molecule has 1 N–H and O–H groups in total. The summed E-state index contributed by atoms with van der Waals surface area (Å²) in [6.45, 7) is 8.07. The van der Waals surface area contributed by atoms with Gasteiger partial charge in [-0.25, -0.2) is 5.06 Å². The zero-order chi connectivity index (χ0) is 10.1. The first-order chi connectivity index (χ1) is 5.96. The van der Waals surface area contributed by atoms with Gasteiger partial charge in [0.15, 0.2) is 0 Å². The fourth-order valence-electron chi connectivity index (χ4n) is 1.97. The number of nitrogens with zero attached hydrogens (tertiary/aromatic N) is 1. The second-order valence-corrected chi connectivity index (χ2v) is 4.23. The molecule has 1 atom stereocenters. The van der Waals surface area contributed by atoms with Gasteiger partial charge < -0.3 is 0 Å². The van der Waals surface area contributed by atoms with Gasteiger partial charge in [-0.05, 0) is 26.2 Å². The lowest BCUT2D eigenvalue weighted by Crippen LogP contribution is -2.45. The van der Waals surface area contributed by atoms with Gasteiger partial charge in [0.25, 0.3) is 5.91 Å². The molecule has 0 spiro atoms. The monoisotopic (exact) mass is 183 g/mol. The molecule has 1 aliphatic heterocycles. The number of hydrogen-bond acceptors (Lipinski definition) is 2. The molecule has 0 unspecified atom stereocenters. The smallest absolute Gasteiger partial charge is 0.252 e. The Labute approximate surface area is 79.0 Å². The average Bonchev–Trinajstić information content (AvgIpc) is 1.99. The molecule has 0 aromatic heterocycles. The minimum absolute atomic E-state index is 0.165. The quantitative estimate of drug-likeness (QED) is 0.525. The lowest BCUT2D eigenvalue weighted by Gasteiger charge is -2.36. The Kier molecular flexibility index (Phi) is 2.76. The zero-order valence-electron chi connectivity index (χ0n) is 8.34. The summed E-state index contributed by atoms with van der Waals surface area (Å²) in [4.78, 5) is 11.6. The number of allylic oxidation sites excluding steroid dienone is 1. The number of amides is 1. The molecule has 1 heterocycles. The molecule has 3 nitrogen and oxygen atoms in total. The minimum Gasteiger partial charge on any atom is -0.286 e. The maximum absolute atomic E-state index is 11.6. The lowest BCUT2D eigenvalue weighted by atomic mass is 9.77. The van der Waals surface area contributed by atoms with E-state index in [1.54, 1.807) is 0 Å². The summed E-state index contributed by atoms with van der Waals surface area (Å²) in [5.74, 6) is -0.165. The molecule has 74 valence electrons. The van der Waals surface area contributed by atoms with Crippen molar-refractivity contribution in [2.45, 2.75) is 33.1 Å². The van der Waals surface area contributed by atoms with Crippen molar-refractivity contribution in [2.24, 2.45) is 5.41 Å². The Bertz CT molecular complexity index is 237. The largest absolute Gasteiger partial charge is 0.286 e. The Hall–Kier alpha value is -0.830. The maximum atomic E-state index is 11.6. The molecule has 3 heteroatoms. The van der Waals surface area contributed by atoms with Crippen molar-refractivity contribution in [1.29, 1.82) is 0 Å². The first-order valence-electron chi connectivity index (χ1n) is 4.61. The molecule has 0 saturated carbocycles. The van der Waals surface area contributed by atoms with Crippen LogP contribution in [0.25, 0.3) is 0 Å². The van der Waals surface area contributed by atoms with Crippen LogP contribution in [0.4, 0.5) is 0 Å². The van der Waals surface area contributed by atoms with Gasteiger partial charge in [0.05, 0.1) is 5.41 Å². The summed E-state index contributed by atoms with van der Waals surface area (Å²) in [7, 11) is 0. The lowest BCUT2D eigenvalue weighted by molar-refractivity contribution is -0.183. The first-order valence-corrected chi connectivity index (χ1v) is 4.61. The Morgan fingerprint density at radius 3 is 2.92 bits per heavy atom. The maximum Gasteiger partial charge on any atom is 0.252 e. The highest BCUT2D eigenvalue weighted by Crippen LogP contribution is 2.35. The summed E-state index contributed by atoms with van der Waals surface area (Å²) in [6.07, 6.45) is 2.38. The van der Waals surface area contributed by atoms with Crippen LogP contribution in [-0.4, -0.2) is 22.7 Å². The van der Waals surface area contributed by atoms with E-state index >= 15 is 0 Å². The number of carbonyl (C=O) groups excluding carboxylic acids is 1. The highest BCUT2D eigenvalue weighted by molar-refractivity contribution is 5.82. The van der Waals surface area contributed by atoms with Gasteiger partial charge in [-0.15, -0.1) is 6.58 Å². The molecule has 13 heavy (non-hydrogen) atoms. The molecule has 0 aromatic carbocycles. The number of hydroxylamine groups is 2. The summed E-state index contributed by atoms with van der Waals surface area (Å²) in [5.41, 5.74) is 0.560. The molecule has 0 bridgehead atoms. The third kappa shape index (κ3) is 2.10. The van der Waals surface area contributed by atoms with Crippen molar-refractivity contribution in [3.63, 3.8) is 0 Å². The Balaban J connectivity index is 2.75. The molecule has 1 aliphatic rings. The van der Waals surface area contributed by atoms with E-state index in [0.29, 0.717) is 13.0 Å². The van der Waals surface area contributed by atoms with Crippen molar-refractivity contribution in [2.75, 3.05) is 6.54 Å². The fourth-order valence-corrected chi connectivity index (χ4v) is 1.97. The van der Waals surface area contributed by atoms with E-state index in [-0.39, 0.29) is 5.91 Å². The predicted octanol–water partition coefficient (Wildman–Crippen LogP) is 1.97. The van der Waals surface area contributed by atoms with E-state index in [1.807, 2.05) is 13.8 Å². The number of rotatable bonds is 2. The van der Waals surface area contributed by atoms with Crippen molar-refractivity contribution in [1.82, 2.24) is 5.06 Å². The highest BCUT2D eigenvalue weighted by Gasteiger charge is 2.39. The van der Waals surface area contributed by atoms with E-state index in [0.717, 1.165) is 23.5 Å². The van der Waals surface area contributed by atoms with Gasteiger partial charge in [0.1, 0.15) is 0 Å². The Morgan fingerprint density at radius 2 is 2.38 bits per heavy atom. The molecule has 0 radical (unpaired) electrons. The van der Waals surface area contributed by atoms with Crippen LogP contribution in [0, 0.1) is 5.41 Å². The van der Waals surface area contributed by atoms with Gasteiger partial charge in [0, 0.05) is 6.54 Å². The zero-order valence-corrected chi connectivity index (χ0v) is 8.34. The summed E-state index contributed by atoms with van der Waals surface area (Å²) in [5, 5.41) is 10.1. The van der Waals surface area contributed by atoms with Crippen molar-refractivity contribution in [3.8, 4) is 0 Å². The van der Waals surface area contributed by atoms with Crippen LogP contribution in [0.1, 0.15) is 33.1 Å². The van der Waals surface area contributed by atoms with Gasteiger partial charge >= 0.3 is 0 Å². The molecule has 1 rings (SSSR count). The van der Waals surface area contributed by atoms with Gasteiger partial charge in [0.2, 0.25) is 0 Å². The van der Waals surface area contributed by atoms with Crippen LogP contribution in [0.15, 0.2) is 12.2 Å². The normalized spacial score (nSPS) is 29.2. The third-order valence-electron chi connectivity index (χ3n) is 2.54. The van der Waals surface area contributed by atoms with E-state index in [2.05, 4.69) is 6.58 Å². The van der Waals surface area contributed by atoms with Gasteiger partial charge in [-0.2, -0.15) is 0 Å². The van der Waals surface area contributed by atoms with E-state index in [4.69, 9.17) is 0 Å². The number of carbonyl (C=O) groups is 1. The Morgan fingerprint density at radius 1 is 1.77 bits per heavy atom. The van der Waals surface area contributed by atoms with E-state index in [9.17, 15) is 10.0 Å². The van der Waals surface area contributed by atoms with E-state index in [1.165, 1.54) is 0 Å². The van der Waals surface area contributed by atoms with Gasteiger partial charge in [-0.3, -0.25) is 10.0 Å². The summed E-state index contributed by atoms with van der Waals surface area (Å²) < 4.78 is 0. The van der Waals surface area contributed by atoms with Crippen LogP contribution in [0.2, 0.25) is 0 Å². The van der Waals surface area contributed by atoms with Crippen LogP contribution >= 0.6 is 0 Å². The molecule has 1 amide bonds. The average molecular weight is 183 g/mol. The molecule has 1 saturated heterocycles. The van der Waals surface area contributed by atoms with E-state index < -0.39 is 5.41 Å². The standard InChI is InChI=1S/C10H17NO2/c1-8(2)7-10(3)5-4-6-11(13)9(10)12/h13H,1,4-7H2,2-3H3/t10-/m0/s1. The number of hydrogen-bond donors (Lipinski definition) is 1. The topological polar surface area (TPSA) is 40.5 Å². The summed E-state index contributed by atoms with van der Waals surface area (Å²) >= 11 is 0. The van der Waals surface area contributed by atoms with Gasteiger partial charge in [-0.1, -0.05) is 12.5 Å². The minimum atomic E-state index is -0.432. The SMILES string of the molecule is C=C(C)C[C@]1(C)CCCN(O)C1=O. The molecule has 0 aromatic rings. The summed E-state index contributed by atoms with van der Waals surface area (Å²) in [6, 6.07) is 0. The first kappa shape index (κ1) is 10.3.